The average Bonchev–Trinajstić information content (AvgIpc) is 2.48. The van der Waals surface area contributed by atoms with Gasteiger partial charge in [0.05, 0.1) is 15.8 Å². The van der Waals surface area contributed by atoms with E-state index in [0.717, 1.165) is 0 Å². The van der Waals surface area contributed by atoms with Gasteiger partial charge in [0.2, 0.25) is 0 Å². The van der Waals surface area contributed by atoms with E-state index in [-0.39, 0.29) is 23.2 Å². The van der Waals surface area contributed by atoms with Crippen LogP contribution in [-0.2, 0) is 12.5 Å². The maximum absolute atomic E-state index is 13.3. The van der Waals surface area contributed by atoms with E-state index in [1.54, 1.807) is 6.07 Å². The lowest BCUT2D eigenvalue weighted by atomic mass is 10.2. The molecule has 0 N–H and O–H groups in total. The number of non-ortho nitro benzene ring substituents is 1. The van der Waals surface area contributed by atoms with E-state index in [1.807, 2.05) is 0 Å². The molecule has 110 valence electrons. The zero-order valence-corrected chi connectivity index (χ0v) is 12.2. The monoisotopic (exact) mass is 329 g/mol. The summed E-state index contributed by atoms with van der Waals surface area (Å²) in [5, 5.41) is 10.7. The first kappa shape index (κ1) is 15.5. The summed E-state index contributed by atoms with van der Waals surface area (Å²) < 4.78 is 18.8. The highest BCUT2D eigenvalue weighted by Crippen LogP contribution is 2.27. The third-order valence-corrected chi connectivity index (χ3v) is 3.52. The lowest BCUT2D eigenvalue weighted by Gasteiger charge is -2.11. The van der Waals surface area contributed by atoms with Crippen molar-refractivity contribution in [3.8, 4) is 5.75 Å². The molecule has 0 fully saturated rings. The number of halogens is 3. The first-order chi connectivity index (χ1) is 10.0. The summed E-state index contributed by atoms with van der Waals surface area (Å²) in [4.78, 5) is 10.2. The van der Waals surface area contributed by atoms with Crippen LogP contribution in [0.1, 0.15) is 11.1 Å². The first-order valence-corrected chi connectivity index (χ1v) is 6.83. The lowest BCUT2D eigenvalue weighted by Crippen LogP contribution is -2.00. The number of ether oxygens (including phenoxy) is 1. The van der Waals surface area contributed by atoms with Crippen LogP contribution >= 0.6 is 23.2 Å². The van der Waals surface area contributed by atoms with E-state index in [9.17, 15) is 14.5 Å². The molecule has 2 aromatic carbocycles. The van der Waals surface area contributed by atoms with Crippen molar-refractivity contribution in [1.82, 2.24) is 0 Å². The lowest BCUT2D eigenvalue weighted by molar-refractivity contribution is -0.384. The van der Waals surface area contributed by atoms with Crippen molar-refractivity contribution < 1.29 is 14.1 Å². The quantitative estimate of drug-likeness (QED) is 0.453. The minimum Gasteiger partial charge on any atom is -0.489 e. The van der Waals surface area contributed by atoms with Gasteiger partial charge in [-0.2, -0.15) is 0 Å². The fraction of sp³-hybridized carbons (Fsp3) is 0.143. The Labute approximate surface area is 130 Å². The Balaban J connectivity index is 2.20. The number of hydrogen-bond acceptors (Lipinski definition) is 3. The fourth-order valence-corrected chi connectivity index (χ4v) is 2.13. The smallest absolute Gasteiger partial charge is 0.270 e. The van der Waals surface area contributed by atoms with Crippen LogP contribution < -0.4 is 4.74 Å². The minimum atomic E-state index is -0.529. The third kappa shape index (κ3) is 3.62. The van der Waals surface area contributed by atoms with Gasteiger partial charge < -0.3 is 4.74 Å². The van der Waals surface area contributed by atoms with E-state index in [2.05, 4.69) is 0 Å². The van der Waals surface area contributed by atoms with Crippen LogP contribution in [0.2, 0.25) is 5.02 Å². The second-order valence-electron chi connectivity index (χ2n) is 4.18. The highest BCUT2D eigenvalue weighted by atomic mass is 35.5. The van der Waals surface area contributed by atoms with Crippen molar-refractivity contribution in [2.24, 2.45) is 0 Å². The molecule has 0 radical (unpaired) electrons. The van der Waals surface area contributed by atoms with E-state index >= 15 is 0 Å². The normalized spacial score (nSPS) is 10.4. The second-order valence-corrected chi connectivity index (χ2v) is 4.83. The standard InChI is InChI=1S/C14H10Cl2FNO3/c15-7-10-6-11(18(19)20)4-5-13(10)21-8-9-2-1-3-12(17)14(9)16/h1-6H,7-8H2. The maximum Gasteiger partial charge on any atom is 0.270 e. The summed E-state index contributed by atoms with van der Waals surface area (Å²) in [6.45, 7) is 0.0400. The van der Waals surface area contributed by atoms with Crippen LogP contribution in [-0.4, -0.2) is 4.92 Å². The molecule has 0 unspecified atom stereocenters. The Morgan fingerprint density at radius 1 is 1.24 bits per heavy atom. The van der Waals surface area contributed by atoms with Crippen molar-refractivity contribution in [2.75, 3.05) is 0 Å². The molecule has 0 bridgehead atoms. The Kier molecular flexibility index (Phi) is 4.98. The first-order valence-electron chi connectivity index (χ1n) is 5.92. The van der Waals surface area contributed by atoms with Crippen molar-refractivity contribution in [3.63, 3.8) is 0 Å². The summed E-state index contributed by atoms with van der Waals surface area (Å²) in [7, 11) is 0. The zero-order chi connectivity index (χ0) is 15.4. The Hall–Kier alpha value is -1.85. The van der Waals surface area contributed by atoms with Gasteiger partial charge in [-0.05, 0) is 12.1 Å². The Morgan fingerprint density at radius 2 is 2.00 bits per heavy atom. The maximum atomic E-state index is 13.3. The minimum absolute atomic E-state index is 0.00756. The molecular formula is C14H10Cl2FNO3. The molecule has 0 saturated heterocycles. The molecule has 4 nitrogen and oxygen atoms in total. The molecule has 2 aromatic rings. The van der Waals surface area contributed by atoms with Crippen molar-refractivity contribution in [3.05, 3.63) is 68.5 Å². The molecule has 0 aliphatic heterocycles. The van der Waals surface area contributed by atoms with Crippen LogP contribution in [0.4, 0.5) is 10.1 Å². The number of nitrogens with zero attached hydrogens (tertiary/aromatic N) is 1. The molecule has 0 amide bonds. The summed E-state index contributed by atoms with van der Waals surface area (Å²) in [6, 6.07) is 8.54. The van der Waals surface area contributed by atoms with Crippen LogP contribution in [0.3, 0.4) is 0 Å². The average molecular weight is 330 g/mol. The van der Waals surface area contributed by atoms with E-state index < -0.39 is 10.7 Å². The molecule has 0 aliphatic carbocycles. The number of nitro groups is 1. The molecular weight excluding hydrogens is 320 g/mol. The van der Waals surface area contributed by atoms with Gasteiger partial charge in [-0.3, -0.25) is 10.1 Å². The molecule has 2 rings (SSSR count). The van der Waals surface area contributed by atoms with E-state index in [0.29, 0.717) is 16.9 Å². The summed E-state index contributed by atoms with van der Waals surface area (Å²) in [5.74, 6) is -0.0663. The van der Waals surface area contributed by atoms with E-state index in [4.69, 9.17) is 27.9 Å². The number of benzene rings is 2. The largest absolute Gasteiger partial charge is 0.489 e. The highest BCUT2D eigenvalue weighted by molar-refractivity contribution is 6.31. The number of hydrogen-bond donors (Lipinski definition) is 0. The number of rotatable bonds is 5. The zero-order valence-electron chi connectivity index (χ0n) is 10.7. The fourth-order valence-electron chi connectivity index (χ4n) is 1.74. The van der Waals surface area contributed by atoms with Gasteiger partial charge in [0.1, 0.15) is 18.2 Å². The Bertz CT molecular complexity index is 679. The SMILES string of the molecule is O=[N+]([O-])c1ccc(OCc2cccc(F)c2Cl)c(CCl)c1. The molecule has 0 spiro atoms. The van der Waals surface area contributed by atoms with Crippen LogP contribution in [0.5, 0.6) is 5.75 Å². The predicted molar refractivity (Wildman–Crippen MR) is 78.4 cm³/mol. The summed E-state index contributed by atoms with van der Waals surface area (Å²) in [5.41, 5.74) is 0.899. The molecule has 0 saturated carbocycles. The van der Waals surface area contributed by atoms with Gasteiger partial charge in [0.15, 0.2) is 0 Å². The van der Waals surface area contributed by atoms with Gasteiger partial charge in [-0.1, -0.05) is 23.7 Å². The van der Waals surface area contributed by atoms with Crippen LogP contribution in [0.15, 0.2) is 36.4 Å². The molecule has 0 atom stereocenters. The topological polar surface area (TPSA) is 52.4 Å². The van der Waals surface area contributed by atoms with Crippen molar-refractivity contribution in [1.29, 1.82) is 0 Å². The molecule has 0 heterocycles. The van der Waals surface area contributed by atoms with Gasteiger partial charge in [0, 0.05) is 23.3 Å². The third-order valence-electron chi connectivity index (χ3n) is 2.81. The summed E-state index contributed by atoms with van der Waals surface area (Å²) in [6.07, 6.45) is 0. The number of nitro benzene ring substituents is 1. The van der Waals surface area contributed by atoms with Gasteiger partial charge in [-0.25, -0.2) is 4.39 Å². The predicted octanol–water partition coefficient (Wildman–Crippen LogP) is 4.71. The molecule has 21 heavy (non-hydrogen) atoms. The summed E-state index contributed by atoms with van der Waals surface area (Å²) >= 11 is 11.6. The van der Waals surface area contributed by atoms with Crippen molar-refractivity contribution >= 4 is 28.9 Å². The molecule has 0 aromatic heterocycles. The van der Waals surface area contributed by atoms with Crippen molar-refractivity contribution in [2.45, 2.75) is 12.5 Å². The van der Waals surface area contributed by atoms with Gasteiger partial charge in [0.25, 0.3) is 5.69 Å². The number of alkyl halides is 1. The van der Waals surface area contributed by atoms with Crippen LogP contribution in [0, 0.1) is 15.9 Å². The molecule has 0 aliphatic rings. The van der Waals surface area contributed by atoms with Crippen LogP contribution in [0.25, 0.3) is 0 Å². The second kappa shape index (κ2) is 6.74. The molecule has 7 heteroatoms. The van der Waals surface area contributed by atoms with Gasteiger partial charge >= 0.3 is 0 Å². The van der Waals surface area contributed by atoms with Gasteiger partial charge in [-0.15, -0.1) is 11.6 Å². The Morgan fingerprint density at radius 3 is 2.67 bits per heavy atom. The van der Waals surface area contributed by atoms with E-state index in [1.165, 1.54) is 30.3 Å². The highest BCUT2D eigenvalue weighted by Gasteiger charge is 2.12.